The van der Waals surface area contributed by atoms with Gasteiger partial charge >= 0.3 is 28.4 Å². The Morgan fingerprint density at radius 2 is 1.32 bits per heavy atom. The Balaban J connectivity index is 0.000000208. The molecule has 0 amide bonds. The summed E-state index contributed by atoms with van der Waals surface area (Å²) in [7, 11) is 0. The van der Waals surface area contributed by atoms with Gasteiger partial charge in [-0.1, -0.05) is 36.6 Å². The van der Waals surface area contributed by atoms with E-state index in [-0.39, 0.29) is 0 Å². The van der Waals surface area contributed by atoms with Gasteiger partial charge in [-0.25, -0.2) is 0 Å². The van der Waals surface area contributed by atoms with Crippen LogP contribution in [0.1, 0.15) is 30.9 Å². The molecule has 0 saturated carbocycles. The molecule has 0 aliphatic carbocycles. The fourth-order valence-corrected chi connectivity index (χ4v) is 2.96. The van der Waals surface area contributed by atoms with Crippen LogP contribution in [0.25, 0.3) is 21.5 Å². The zero-order chi connectivity index (χ0) is 20.8. The Morgan fingerprint density at radius 3 is 1.64 bits per heavy atom. The maximum absolute atomic E-state index is 4.88. The van der Waals surface area contributed by atoms with Crippen molar-refractivity contribution in [3.8, 4) is 0 Å². The van der Waals surface area contributed by atoms with Gasteiger partial charge < -0.3 is 0 Å². The van der Waals surface area contributed by atoms with Crippen LogP contribution in [0.3, 0.4) is 0 Å². The first-order valence-electron chi connectivity index (χ1n) is 9.48. The molecule has 0 fully saturated rings. The molecule has 3 heteroatoms. The van der Waals surface area contributed by atoms with E-state index in [2.05, 4.69) is 102 Å². The van der Waals surface area contributed by atoms with Gasteiger partial charge in [0.1, 0.15) is 0 Å². The quantitative estimate of drug-likeness (QED) is 0.220. The molecule has 0 saturated heterocycles. The Kier molecular flexibility index (Phi) is 12.9. The van der Waals surface area contributed by atoms with Gasteiger partial charge in [-0.15, -0.1) is 57.9 Å². The fraction of sp³-hybridized carbons (Fsp3) is 0.240. The molecule has 4 aromatic rings. The summed E-state index contributed by atoms with van der Waals surface area (Å²) in [6, 6.07) is 25.5. The van der Waals surface area contributed by atoms with Crippen molar-refractivity contribution in [2.75, 3.05) is 6.61 Å². The number of halogens is 1. The van der Waals surface area contributed by atoms with E-state index in [0.717, 1.165) is 12.8 Å². The van der Waals surface area contributed by atoms with Gasteiger partial charge in [0.25, 0.3) is 0 Å². The van der Waals surface area contributed by atoms with Gasteiger partial charge in [0.05, 0.1) is 18.5 Å². The van der Waals surface area contributed by atoms with Crippen molar-refractivity contribution in [1.82, 2.24) is 0 Å². The van der Waals surface area contributed by atoms with Crippen molar-refractivity contribution >= 4 is 37.6 Å². The van der Waals surface area contributed by atoms with Crippen LogP contribution >= 0.6 is 11.9 Å². The Labute approximate surface area is 189 Å². The first-order valence-corrected chi connectivity index (χ1v) is 11.5. The molecule has 146 valence electrons. The molecule has 1 nitrogen and oxygen atoms in total. The van der Waals surface area contributed by atoms with Crippen LogP contribution in [-0.4, -0.2) is 10.8 Å². The van der Waals surface area contributed by atoms with E-state index < -0.39 is 0 Å². The van der Waals surface area contributed by atoms with Crippen LogP contribution in [0.15, 0.2) is 72.8 Å². The topological polar surface area (TPSA) is 9.23 Å². The van der Waals surface area contributed by atoms with Crippen LogP contribution in [0.5, 0.6) is 0 Å². The third-order valence-electron chi connectivity index (χ3n) is 4.37. The molecule has 0 aliphatic heterocycles. The van der Waals surface area contributed by atoms with E-state index in [4.69, 9.17) is 11.9 Å². The Morgan fingerprint density at radius 1 is 0.857 bits per heavy atom. The normalized spacial score (nSPS) is 9.64. The number of unbranched alkanes of at least 4 members (excludes halogenated alkanes) is 1. The molecular weight excluding hydrogens is 443 g/mol. The molecule has 0 unspecified atom stereocenters. The molecule has 0 spiro atoms. The van der Waals surface area contributed by atoms with Gasteiger partial charge in [-0.05, 0) is 20.3 Å². The van der Waals surface area contributed by atoms with Crippen LogP contribution < -0.4 is 0 Å². The van der Waals surface area contributed by atoms with Crippen molar-refractivity contribution in [2.45, 2.75) is 33.6 Å². The van der Waals surface area contributed by atoms with Gasteiger partial charge in [-0.2, -0.15) is 24.3 Å². The molecule has 0 aliphatic rings. The summed E-state index contributed by atoms with van der Waals surface area (Å²) < 4.78 is 7.59. The zero-order valence-corrected chi connectivity index (χ0v) is 20.3. The summed E-state index contributed by atoms with van der Waals surface area (Å²) in [6.07, 6.45) is 2.20. The van der Waals surface area contributed by atoms with E-state index in [1.807, 2.05) is 0 Å². The van der Waals surface area contributed by atoms with Crippen LogP contribution in [0.4, 0.5) is 0 Å². The number of benzene rings is 2. The zero-order valence-electron chi connectivity index (χ0n) is 17.0. The van der Waals surface area contributed by atoms with Crippen molar-refractivity contribution in [1.29, 1.82) is 0 Å². The average molecular weight is 472 g/mol. The molecule has 4 rings (SSSR count). The van der Waals surface area contributed by atoms with Gasteiger partial charge in [0.2, 0.25) is 0 Å². The van der Waals surface area contributed by atoms with E-state index in [9.17, 15) is 0 Å². The predicted molar refractivity (Wildman–Crippen MR) is 122 cm³/mol. The van der Waals surface area contributed by atoms with E-state index in [1.54, 1.807) is 0 Å². The number of fused-ring (bicyclic) bond motifs is 2. The van der Waals surface area contributed by atoms with Crippen LogP contribution in [0, 0.1) is 13.8 Å². The molecular formula is C25H29ClOZr. The molecule has 0 bridgehead atoms. The summed E-state index contributed by atoms with van der Waals surface area (Å²) in [5, 5.41) is 5.45. The SMILES string of the molecule is CCCCOCl.Cc1cccc2[cH-]ccc12.Cc1cccc2[cH-]ccc12.[CH2]=[Zr+2]. The van der Waals surface area contributed by atoms with Crippen molar-refractivity contribution < 1.29 is 28.5 Å². The van der Waals surface area contributed by atoms with Gasteiger partial charge in [-0.3, -0.25) is 4.29 Å². The summed E-state index contributed by atoms with van der Waals surface area (Å²) >= 11 is 6.18. The summed E-state index contributed by atoms with van der Waals surface area (Å²) in [4.78, 5) is 0. The standard InChI is InChI=1S/2C10H9.C4H9ClO.CH2.Zr/c2*1-8-4-2-5-9-6-3-7-10(8)9;1-2-3-4-6-5;;/h2*2-7H,1H3;2-4H2,1H3;1H2;/q2*-1;;;+2. The third kappa shape index (κ3) is 7.96. The molecule has 28 heavy (non-hydrogen) atoms. The molecule has 0 heterocycles. The number of aryl methyl sites for hydroxylation is 2. The average Bonchev–Trinajstić information content (AvgIpc) is 3.40. The molecule has 0 aromatic heterocycles. The number of hydrogen-bond acceptors (Lipinski definition) is 1. The Hall–Kier alpha value is -1.34. The fourth-order valence-electron chi connectivity index (χ4n) is 2.85. The molecule has 4 aromatic carbocycles. The monoisotopic (exact) mass is 470 g/mol. The van der Waals surface area contributed by atoms with Crippen LogP contribution in [0.2, 0.25) is 0 Å². The Bertz CT molecular complexity index is 846. The first kappa shape index (κ1) is 24.7. The number of hydrogen-bond donors (Lipinski definition) is 0. The molecule has 0 N–H and O–H groups in total. The minimum atomic E-state index is 0.679. The van der Waals surface area contributed by atoms with Gasteiger partial charge in [0, 0.05) is 0 Å². The predicted octanol–water partition coefficient (Wildman–Crippen LogP) is 7.66. The van der Waals surface area contributed by atoms with Gasteiger partial charge in [0.15, 0.2) is 0 Å². The van der Waals surface area contributed by atoms with E-state index >= 15 is 0 Å². The minimum absolute atomic E-state index is 0.679. The first-order chi connectivity index (χ1) is 13.7. The third-order valence-corrected chi connectivity index (χ3v) is 4.52. The maximum atomic E-state index is 4.88. The second-order valence-corrected chi connectivity index (χ2v) is 6.59. The molecule has 0 radical (unpaired) electrons. The second kappa shape index (κ2) is 14.6. The molecule has 0 atom stereocenters. The number of rotatable bonds is 3. The van der Waals surface area contributed by atoms with E-state index in [1.165, 1.54) is 56.9 Å². The summed E-state index contributed by atoms with van der Waals surface area (Å²) in [5.41, 5.74) is 2.73. The summed E-state index contributed by atoms with van der Waals surface area (Å²) in [6.45, 7) is 7.05. The van der Waals surface area contributed by atoms with E-state index in [0.29, 0.717) is 6.61 Å². The van der Waals surface area contributed by atoms with Crippen LogP contribution in [-0.2, 0) is 28.5 Å². The van der Waals surface area contributed by atoms with Crippen molar-refractivity contribution in [3.05, 3.63) is 83.9 Å². The van der Waals surface area contributed by atoms with Crippen molar-refractivity contribution in [3.63, 3.8) is 0 Å². The second-order valence-electron chi connectivity index (χ2n) is 6.37. The van der Waals surface area contributed by atoms with Crippen molar-refractivity contribution in [2.24, 2.45) is 0 Å². The summed E-state index contributed by atoms with van der Waals surface area (Å²) in [5.74, 6) is 0.